The SMILES string of the molecule is CCNC(=O)O[C@H]1CC[C@]2(C)[C@H]3C(=O)C=C4[C@@H]5C[C@@](C)(C(=O)O)CC[C@]5(C)CC[C@@]4(C)[C@]3(C)CC[C@@]2(/N=C/OCc2oc(=O)oc2C)[C@H]1C. The predicted molar refractivity (Wildman–Crippen MR) is 181 cm³/mol. The molecule has 0 unspecified atom stereocenters. The van der Waals surface area contributed by atoms with E-state index in [2.05, 4.69) is 39.9 Å². The Morgan fingerprint density at radius 3 is 2.39 bits per heavy atom. The molecule has 1 aromatic rings. The van der Waals surface area contributed by atoms with E-state index in [1.54, 1.807) is 6.92 Å². The Bertz CT molecular complexity index is 1640. The number of nitrogens with zero attached hydrogens (tertiary/aromatic N) is 1. The number of allylic oxidation sites excluding steroid dienone is 2. The maximum Gasteiger partial charge on any atom is 0.519 e. The Balaban J connectivity index is 1.41. The van der Waals surface area contributed by atoms with Gasteiger partial charge in [0.2, 0.25) is 0 Å². The van der Waals surface area contributed by atoms with Gasteiger partial charge < -0.3 is 28.7 Å². The highest BCUT2D eigenvalue weighted by atomic mass is 16.6. The van der Waals surface area contributed by atoms with E-state index in [1.165, 1.54) is 6.40 Å². The number of ketones is 1. The normalized spacial score (nSPS) is 43.0. The number of fused-ring (bicyclic) bond motifs is 7. The lowest BCUT2D eigenvalue weighted by Crippen LogP contribution is -2.71. The molecule has 4 fully saturated rings. The van der Waals surface area contributed by atoms with Crippen LogP contribution in [0.1, 0.15) is 118 Å². The Labute approximate surface area is 288 Å². The Hall–Kier alpha value is -3.37. The number of hydrogen-bond acceptors (Lipinski definition) is 9. The fraction of sp³-hybridized carbons (Fsp3) is 0.763. The highest BCUT2D eigenvalue weighted by molar-refractivity contribution is 5.96. The number of aryl methyl sites for hydroxylation is 1. The van der Waals surface area contributed by atoms with Gasteiger partial charge in [-0.05, 0) is 107 Å². The fourth-order valence-electron chi connectivity index (χ4n) is 11.4. The van der Waals surface area contributed by atoms with Gasteiger partial charge >= 0.3 is 17.9 Å². The summed E-state index contributed by atoms with van der Waals surface area (Å²) in [5, 5.41) is 13.0. The van der Waals surface area contributed by atoms with E-state index in [0.29, 0.717) is 44.4 Å². The molecule has 0 aliphatic heterocycles. The van der Waals surface area contributed by atoms with E-state index in [1.807, 2.05) is 19.9 Å². The van der Waals surface area contributed by atoms with Crippen molar-refractivity contribution in [2.24, 2.45) is 49.8 Å². The lowest BCUT2D eigenvalue weighted by atomic mass is 9.33. The number of carboxylic acid groups (broad SMARTS) is 1. The van der Waals surface area contributed by atoms with Crippen molar-refractivity contribution in [3.63, 3.8) is 0 Å². The molecular weight excluding hydrogens is 628 g/mol. The molecule has 6 rings (SSSR count). The summed E-state index contributed by atoms with van der Waals surface area (Å²) in [5.41, 5.74) is -1.80. The molecule has 0 radical (unpaired) electrons. The number of aliphatic carboxylic acids is 1. The number of rotatable bonds is 7. The third kappa shape index (κ3) is 5.14. The minimum atomic E-state index is -0.818. The second-order valence-electron chi connectivity index (χ2n) is 17.1. The van der Waals surface area contributed by atoms with Gasteiger partial charge in [-0.2, -0.15) is 0 Å². The van der Waals surface area contributed by atoms with Gasteiger partial charge in [0.05, 0.1) is 11.0 Å². The van der Waals surface area contributed by atoms with Crippen LogP contribution in [-0.2, 0) is 25.7 Å². The van der Waals surface area contributed by atoms with Crippen LogP contribution in [0, 0.1) is 51.8 Å². The quantitative estimate of drug-likeness (QED) is 0.228. The van der Waals surface area contributed by atoms with Crippen molar-refractivity contribution < 1.29 is 37.8 Å². The van der Waals surface area contributed by atoms with Crippen LogP contribution in [0.3, 0.4) is 0 Å². The second-order valence-corrected chi connectivity index (χ2v) is 17.1. The summed E-state index contributed by atoms with van der Waals surface area (Å²) >= 11 is 0. The molecule has 5 aliphatic carbocycles. The lowest BCUT2D eigenvalue weighted by Gasteiger charge is -2.71. The molecule has 0 bridgehead atoms. The fourth-order valence-corrected chi connectivity index (χ4v) is 11.4. The number of carboxylic acids is 1. The summed E-state index contributed by atoms with van der Waals surface area (Å²) in [6.07, 6.45) is 9.01. The summed E-state index contributed by atoms with van der Waals surface area (Å²) in [6.45, 7) is 16.9. The molecule has 1 aromatic heterocycles. The number of carbonyl (C=O) groups is 3. The standard InChI is InChI=1S/C38H54N2O9/c1-9-39-31(44)48-27-10-11-37(8)29-26(41)18-24-25-19-34(5,30(42)43)13-12-33(25,4)14-15-35(24,6)36(29,7)16-17-38(37,22(27)2)40-21-46-20-28-23(3)47-32(45)49-28/h18,21-22,25,27,29H,9-17,19-20H2,1-8H3,(H,39,44)(H,42,43)/b40-21+/t22-,25-,27-,29-,33+,34-,35+,36+,37+,38+/m0/s1. The Morgan fingerprint density at radius 2 is 1.73 bits per heavy atom. The first-order valence-electron chi connectivity index (χ1n) is 18.1. The molecule has 1 heterocycles. The maximum absolute atomic E-state index is 14.9. The van der Waals surface area contributed by atoms with Crippen LogP contribution >= 0.6 is 0 Å². The molecule has 49 heavy (non-hydrogen) atoms. The van der Waals surface area contributed by atoms with E-state index in [4.69, 9.17) is 23.3 Å². The largest absolute Gasteiger partial charge is 0.519 e. The van der Waals surface area contributed by atoms with E-state index >= 15 is 0 Å². The summed E-state index contributed by atoms with van der Waals surface area (Å²) in [4.78, 5) is 56.8. The molecule has 1 amide bonds. The van der Waals surface area contributed by atoms with E-state index in [0.717, 1.165) is 31.3 Å². The summed E-state index contributed by atoms with van der Waals surface area (Å²) in [6, 6.07) is 0. The van der Waals surface area contributed by atoms with Crippen LogP contribution in [-0.4, -0.2) is 47.5 Å². The summed E-state index contributed by atoms with van der Waals surface area (Å²) in [7, 11) is 0. The summed E-state index contributed by atoms with van der Waals surface area (Å²) in [5.74, 6) is -1.41. The van der Waals surface area contributed by atoms with Crippen molar-refractivity contribution in [1.29, 1.82) is 0 Å². The lowest BCUT2D eigenvalue weighted by molar-refractivity contribution is -0.192. The zero-order valence-electron chi connectivity index (χ0n) is 30.4. The highest BCUT2D eigenvalue weighted by Gasteiger charge is 2.73. The van der Waals surface area contributed by atoms with Crippen LogP contribution < -0.4 is 11.1 Å². The number of hydrogen-bond donors (Lipinski definition) is 2. The Kier molecular flexibility index (Phi) is 8.58. The molecule has 10 atom stereocenters. The van der Waals surface area contributed by atoms with Crippen molar-refractivity contribution in [3.05, 3.63) is 33.8 Å². The molecule has 4 saturated carbocycles. The van der Waals surface area contributed by atoms with Gasteiger partial charge in [0, 0.05) is 23.8 Å². The van der Waals surface area contributed by atoms with Crippen molar-refractivity contribution in [2.45, 2.75) is 131 Å². The molecule has 11 nitrogen and oxygen atoms in total. The minimum Gasteiger partial charge on any atom is -0.481 e. The van der Waals surface area contributed by atoms with Gasteiger partial charge in [-0.25, -0.2) is 9.59 Å². The van der Waals surface area contributed by atoms with Crippen molar-refractivity contribution in [2.75, 3.05) is 6.54 Å². The van der Waals surface area contributed by atoms with Gasteiger partial charge in [0.1, 0.15) is 6.10 Å². The third-order valence-electron chi connectivity index (χ3n) is 14.8. The highest BCUT2D eigenvalue weighted by Crippen LogP contribution is 2.75. The molecule has 0 aromatic carbocycles. The molecule has 11 heteroatoms. The number of aliphatic imine (C=N–C) groups is 1. The van der Waals surface area contributed by atoms with Crippen molar-refractivity contribution in [3.8, 4) is 0 Å². The van der Waals surface area contributed by atoms with Crippen LogP contribution in [0.2, 0.25) is 0 Å². The number of alkyl carbamates (subject to hydrolysis) is 1. The maximum atomic E-state index is 14.9. The van der Waals surface area contributed by atoms with E-state index < -0.39 is 45.8 Å². The molecule has 270 valence electrons. The average molecular weight is 683 g/mol. The second kappa shape index (κ2) is 11.9. The van der Waals surface area contributed by atoms with Gasteiger partial charge in [-0.3, -0.25) is 14.6 Å². The van der Waals surface area contributed by atoms with Crippen LogP contribution in [0.15, 0.2) is 30.3 Å². The first-order valence-corrected chi connectivity index (χ1v) is 18.1. The number of amides is 1. The van der Waals surface area contributed by atoms with Gasteiger partial charge in [0.15, 0.2) is 30.3 Å². The number of nitrogens with one attached hydrogen (secondary N) is 1. The predicted octanol–water partition coefficient (Wildman–Crippen LogP) is 7.00. The van der Waals surface area contributed by atoms with Gasteiger partial charge in [-0.1, -0.05) is 40.2 Å². The summed E-state index contributed by atoms with van der Waals surface area (Å²) < 4.78 is 21.9. The third-order valence-corrected chi connectivity index (χ3v) is 14.8. The molecule has 0 spiro atoms. The molecule has 2 N–H and O–H groups in total. The Morgan fingerprint density at radius 1 is 1.02 bits per heavy atom. The van der Waals surface area contributed by atoms with Crippen molar-refractivity contribution in [1.82, 2.24) is 5.32 Å². The van der Waals surface area contributed by atoms with Crippen molar-refractivity contribution >= 4 is 24.2 Å². The van der Waals surface area contributed by atoms with Gasteiger partial charge in [-0.15, -0.1) is 0 Å². The van der Waals surface area contributed by atoms with Crippen LogP contribution in [0.25, 0.3) is 0 Å². The molecule has 5 aliphatic rings. The molecule has 0 saturated heterocycles. The van der Waals surface area contributed by atoms with Gasteiger partial charge in [0.25, 0.3) is 0 Å². The zero-order chi connectivity index (χ0) is 35.8. The topological polar surface area (TPSA) is 158 Å². The monoisotopic (exact) mass is 682 g/mol. The number of carbonyl (C=O) groups excluding carboxylic acids is 2. The average Bonchev–Trinajstić information content (AvgIpc) is 3.35. The first kappa shape index (κ1) is 35.5. The van der Waals surface area contributed by atoms with E-state index in [9.17, 15) is 24.3 Å². The van der Waals surface area contributed by atoms with Crippen LogP contribution in [0.5, 0.6) is 0 Å². The molecular formula is C38H54N2O9. The zero-order valence-corrected chi connectivity index (χ0v) is 30.4. The first-order chi connectivity index (χ1) is 22.9. The van der Waals surface area contributed by atoms with E-state index in [-0.39, 0.29) is 46.7 Å². The smallest absolute Gasteiger partial charge is 0.481 e. The van der Waals surface area contributed by atoms with Crippen LogP contribution in [0.4, 0.5) is 4.79 Å². The number of ether oxygens (including phenoxy) is 2. The minimum absolute atomic E-state index is 0.0281.